The molecule has 0 saturated heterocycles. The predicted molar refractivity (Wildman–Crippen MR) is 192 cm³/mol. The summed E-state index contributed by atoms with van der Waals surface area (Å²) in [7, 11) is 0.727. The lowest BCUT2D eigenvalue weighted by atomic mass is 10.2. The number of hydrogen-bond donors (Lipinski definition) is 1. The van der Waals surface area contributed by atoms with E-state index in [1.54, 1.807) is 6.92 Å². The largest absolute Gasteiger partial charge is 0.465 e. The molecule has 2 aromatic carbocycles. The lowest BCUT2D eigenvalue weighted by Gasteiger charge is -2.21. The Kier molecular flexibility index (Phi) is 12.9. The van der Waals surface area contributed by atoms with Gasteiger partial charge in [0.1, 0.15) is 28.8 Å². The number of benzene rings is 2. The minimum Gasteiger partial charge on any atom is -0.465 e. The smallest absolute Gasteiger partial charge is 0.431 e. The van der Waals surface area contributed by atoms with E-state index in [1.165, 1.54) is 36.7 Å². The molecule has 5 aromatic rings. The summed E-state index contributed by atoms with van der Waals surface area (Å²) in [5.41, 5.74) is -0.787. The molecule has 0 unspecified atom stereocenters. The summed E-state index contributed by atoms with van der Waals surface area (Å²) in [6.45, 7) is 0.0780. The second-order valence-corrected chi connectivity index (χ2v) is 12.1. The molecule has 0 aliphatic carbocycles. The van der Waals surface area contributed by atoms with E-state index in [0.29, 0.717) is 12.1 Å². The first kappa shape index (κ1) is 42.4. The molecule has 3 heterocycles. The third-order valence-corrected chi connectivity index (χ3v) is 8.03. The zero-order chi connectivity index (χ0) is 42.5. The number of hydrogen-bond acceptors (Lipinski definition) is 12. The van der Waals surface area contributed by atoms with Crippen LogP contribution in [-0.2, 0) is 27.5 Å². The summed E-state index contributed by atoms with van der Waals surface area (Å²) in [4.78, 5) is 71.3. The SMILES string of the molecule is CCOC(=O)COc1ncccc1Oc1cc(N(C(N)=O)C(=O)COc2ncccc2Oc2cc(-n3c(=O)cc(C(F)(F)F)n(C)c3=O)c(F)cc2Cl)c(F)cc1Cl. The average molecular weight is 856 g/mol. The number of amides is 3. The van der Waals surface area contributed by atoms with Crippen LogP contribution in [0.5, 0.6) is 34.8 Å². The number of primary amides is 1. The molecule has 5 rings (SSSR count). The van der Waals surface area contributed by atoms with E-state index in [2.05, 4.69) is 9.97 Å². The van der Waals surface area contributed by atoms with Gasteiger partial charge in [-0.05, 0) is 43.3 Å². The van der Waals surface area contributed by atoms with E-state index in [0.717, 1.165) is 19.2 Å². The van der Waals surface area contributed by atoms with Crippen molar-refractivity contribution in [3.8, 4) is 40.4 Å². The van der Waals surface area contributed by atoms with Crippen molar-refractivity contribution in [1.29, 1.82) is 0 Å². The van der Waals surface area contributed by atoms with Crippen LogP contribution in [0.15, 0.2) is 76.6 Å². The van der Waals surface area contributed by atoms with Crippen molar-refractivity contribution >= 4 is 46.8 Å². The van der Waals surface area contributed by atoms with Gasteiger partial charge in [-0.3, -0.25) is 14.2 Å². The summed E-state index contributed by atoms with van der Waals surface area (Å²) in [6.07, 6.45) is -2.59. The fraction of sp³-hybridized carbons (Fsp3) is 0.171. The maximum absolute atomic E-state index is 15.3. The first-order chi connectivity index (χ1) is 27.4. The van der Waals surface area contributed by atoms with Gasteiger partial charge in [-0.1, -0.05) is 23.2 Å². The van der Waals surface area contributed by atoms with E-state index in [4.69, 9.17) is 52.6 Å². The number of anilines is 1. The van der Waals surface area contributed by atoms with Crippen LogP contribution in [0.25, 0.3) is 5.69 Å². The monoisotopic (exact) mass is 854 g/mol. The van der Waals surface area contributed by atoms with Crippen LogP contribution in [0, 0.1) is 11.6 Å². The number of carbonyl (C=O) groups excluding carboxylic acids is 3. The number of alkyl halides is 3. The quantitative estimate of drug-likeness (QED) is 0.108. The fourth-order valence-electron chi connectivity index (χ4n) is 4.92. The normalized spacial score (nSPS) is 11.1. The Morgan fingerprint density at radius 3 is 1.93 bits per heavy atom. The highest BCUT2D eigenvalue weighted by molar-refractivity contribution is 6.32. The Morgan fingerprint density at radius 2 is 1.38 bits per heavy atom. The Bertz CT molecular complexity index is 2540. The topological polar surface area (TPSA) is 196 Å². The van der Waals surface area contributed by atoms with Gasteiger partial charge >= 0.3 is 23.9 Å². The number of urea groups is 1. The zero-order valence-corrected chi connectivity index (χ0v) is 31.0. The van der Waals surface area contributed by atoms with Crippen LogP contribution in [0.1, 0.15) is 12.6 Å². The summed E-state index contributed by atoms with van der Waals surface area (Å²) < 4.78 is 97.7. The molecule has 0 aliphatic rings. The molecule has 0 atom stereocenters. The number of ether oxygens (including phenoxy) is 5. The number of pyridine rings is 2. The van der Waals surface area contributed by atoms with Gasteiger partial charge in [0.15, 0.2) is 24.7 Å². The van der Waals surface area contributed by atoms with Crippen LogP contribution < -0.4 is 40.8 Å². The molecule has 58 heavy (non-hydrogen) atoms. The average Bonchev–Trinajstić information content (AvgIpc) is 3.15. The number of nitrogens with two attached hydrogens (primary N) is 1. The minimum absolute atomic E-state index is 0.0932. The van der Waals surface area contributed by atoms with Crippen LogP contribution in [0.3, 0.4) is 0 Å². The standard InChI is InChI=1S/C35H25Cl2F5N6O10/c1-3-54-30(51)16-56-32-24(7-5-9-45-32)58-25-12-21(19(38)10-17(25)36)47(33(43)52)29(50)15-55-31-23(6-4-8-44-31)57-26-13-22(20(39)11-18(26)37)48-28(49)14-27(35(40,41)42)46(2)34(48)53/h4-14H,3,15-16H2,1-2H3,(H2,43,52). The number of esters is 1. The molecular formula is C35H25Cl2F5N6O10. The second kappa shape index (κ2) is 17.6. The highest BCUT2D eigenvalue weighted by Crippen LogP contribution is 2.39. The molecule has 16 nitrogen and oxygen atoms in total. The highest BCUT2D eigenvalue weighted by Gasteiger charge is 2.35. The van der Waals surface area contributed by atoms with Gasteiger partial charge in [-0.25, -0.2) is 42.6 Å². The lowest BCUT2D eigenvalue weighted by Crippen LogP contribution is -2.44. The van der Waals surface area contributed by atoms with Crippen molar-refractivity contribution in [1.82, 2.24) is 19.1 Å². The van der Waals surface area contributed by atoms with E-state index in [-0.39, 0.29) is 54.9 Å². The van der Waals surface area contributed by atoms with Gasteiger partial charge in [0, 0.05) is 37.6 Å². The molecule has 0 aliphatic heterocycles. The van der Waals surface area contributed by atoms with Crippen molar-refractivity contribution in [2.75, 3.05) is 24.7 Å². The molecular weight excluding hydrogens is 830 g/mol. The van der Waals surface area contributed by atoms with Crippen LogP contribution in [0.2, 0.25) is 10.0 Å². The maximum Gasteiger partial charge on any atom is 0.431 e. The molecule has 3 aromatic heterocycles. The molecule has 0 saturated carbocycles. The Balaban J connectivity index is 1.39. The van der Waals surface area contributed by atoms with Crippen LogP contribution >= 0.6 is 23.2 Å². The fourth-order valence-corrected chi connectivity index (χ4v) is 5.29. The lowest BCUT2D eigenvalue weighted by molar-refractivity contribution is -0.145. The summed E-state index contributed by atoms with van der Waals surface area (Å²) >= 11 is 12.4. The first-order valence-electron chi connectivity index (χ1n) is 16.1. The van der Waals surface area contributed by atoms with E-state index < -0.39 is 93.9 Å². The second-order valence-electron chi connectivity index (χ2n) is 11.3. The van der Waals surface area contributed by atoms with Gasteiger partial charge in [0.25, 0.3) is 23.2 Å². The zero-order valence-electron chi connectivity index (χ0n) is 29.5. The molecule has 0 radical (unpaired) electrons. The third-order valence-electron chi connectivity index (χ3n) is 7.44. The number of imide groups is 1. The third kappa shape index (κ3) is 9.44. The number of halogens is 7. The molecule has 3 amide bonds. The number of aromatic nitrogens is 4. The number of rotatable bonds is 13. The summed E-state index contributed by atoms with van der Waals surface area (Å²) in [5, 5.41) is -0.792. The van der Waals surface area contributed by atoms with Gasteiger partial charge in [-0.15, -0.1) is 0 Å². The van der Waals surface area contributed by atoms with Gasteiger partial charge in [-0.2, -0.15) is 13.2 Å². The van der Waals surface area contributed by atoms with Gasteiger partial charge in [0.05, 0.1) is 28.0 Å². The Morgan fingerprint density at radius 1 is 0.828 bits per heavy atom. The van der Waals surface area contributed by atoms with E-state index >= 15 is 8.78 Å². The first-order valence-corrected chi connectivity index (χ1v) is 16.8. The summed E-state index contributed by atoms with van der Waals surface area (Å²) in [6, 6.07) is 6.88. The van der Waals surface area contributed by atoms with Gasteiger partial charge < -0.3 is 29.4 Å². The van der Waals surface area contributed by atoms with Crippen molar-refractivity contribution in [3.05, 3.63) is 115 Å². The van der Waals surface area contributed by atoms with Crippen LogP contribution in [-0.4, -0.2) is 56.8 Å². The van der Waals surface area contributed by atoms with Gasteiger partial charge in [0.2, 0.25) is 0 Å². The van der Waals surface area contributed by atoms with Crippen molar-refractivity contribution in [2.24, 2.45) is 12.8 Å². The molecule has 2 N–H and O–H groups in total. The van der Waals surface area contributed by atoms with E-state index in [9.17, 15) is 37.1 Å². The molecule has 304 valence electrons. The molecule has 0 bridgehead atoms. The minimum atomic E-state index is -5.08. The van der Waals surface area contributed by atoms with Crippen molar-refractivity contribution < 1.29 is 60.0 Å². The number of nitrogens with zero attached hydrogens (tertiary/aromatic N) is 5. The Hall–Kier alpha value is -6.74. The predicted octanol–water partition coefficient (Wildman–Crippen LogP) is 5.95. The maximum atomic E-state index is 15.3. The number of carbonyl (C=O) groups is 3. The summed E-state index contributed by atoms with van der Waals surface area (Å²) in [5.74, 6) is -6.38. The molecule has 0 spiro atoms. The Labute approximate surface area is 331 Å². The highest BCUT2D eigenvalue weighted by atomic mass is 35.5. The molecule has 0 fully saturated rings. The van der Waals surface area contributed by atoms with Crippen molar-refractivity contribution in [2.45, 2.75) is 13.1 Å². The molecule has 23 heteroatoms. The van der Waals surface area contributed by atoms with E-state index in [1.807, 2.05) is 0 Å². The van der Waals surface area contributed by atoms with Crippen molar-refractivity contribution in [3.63, 3.8) is 0 Å². The van der Waals surface area contributed by atoms with Crippen LogP contribution in [0.4, 0.5) is 32.4 Å².